The van der Waals surface area contributed by atoms with E-state index < -0.39 is 0 Å². The lowest BCUT2D eigenvalue weighted by atomic mass is 9.88. The summed E-state index contributed by atoms with van der Waals surface area (Å²) in [6.45, 7) is 0. The molecule has 0 spiro atoms. The topological polar surface area (TPSA) is 43.9 Å². The summed E-state index contributed by atoms with van der Waals surface area (Å²) in [6.07, 6.45) is 6.60. The maximum absolute atomic E-state index is 7.21. The summed E-state index contributed by atoms with van der Waals surface area (Å²) >= 11 is 0. The van der Waals surface area contributed by atoms with E-state index in [1.54, 1.807) is 0 Å². The standard InChI is InChI=1S/C54H33N3O/c1-3-15-32(16-4-1)35-27-29-44-43(31-35)46-39-23-11-12-24-40(39)48-47-36-20-8-7-17-33(36)28-30-45(47)58-53(48)52(46)57(44)54-49(34-18-5-2-6-19-34)55-50-41-25-13-9-21-37(41)38-22-10-14-26-42(38)51(50)56-54/h1-11,13-23,25-31H,12,24H2. The van der Waals surface area contributed by atoms with Gasteiger partial charge in [-0.1, -0.05) is 158 Å². The van der Waals surface area contributed by atoms with Crippen LogP contribution in [0, 0.1) is 0 Å². The molecule has 3 aromatic heterocycles. The Balaban J connectivity index is 1.29. The monoisotopic (exact) mass is 739 g/mol. The zero-order valence-electron chi connectivity index (χ0n) is 31.4. The van der Waals surface area contributed by atoms with Crippen LogP contribution in [0.15, 0.2) is 174 Å². The van der Waals surface area contributed by atoms with Crippen molar-refractivity contribution in [3.63, 3.8) is 0 Å². The molecule has 13 rings (SSSR count). The number of allylic oxidation sites excluding steroid dienone is 1. The highest BCUT2D eigenvalue weighted by molar-refractivity contribution is 6.30. The largest absolute Gasteiger partial charge is 0.454 e. The van der Waals surface area contributed by atoms with Gasteiger partial charge in [0.1, 0.15) is 11.3 Å². The van der Waals surface area contributed by atoms with E-state index in [2.05, 4.69) is 181 Å². The van der Waals surface area contributed by atoms with Crippen molar-refractivity contribution in [3.8, 4) is 28.2 Å². The minimum atomic E-state index is 0.776. The third-order valence-electron chi connectivity index (χ3n) is 12.4. The van der Waals surface area contributed by atoms with E-state index in [1.807, 2.05) is 0 Å². The lowest BCUT2D eigenvalue weighted by Crippen LogP contribution is -2.05. The fraction of sp³-hybridized carbons (Fsp3) is 0.0370. The number of fused-ring (bicyclic) bond motifs is 18. The molecule has 1 aliphatic rings. The van der Waals surface area contributed by atoms with Crippen molar-refractivity contribution in [2.45, 2.75) is 12.8 Å². The molecule has 0 amide bonds. The molecule has 0 N–H and O–H groups in total. The first-order chi connectivity index (χ1) is 28.8. The van der Waals surface area contributed by atoms with Gasteiger partial charge < -0.3 is 4.42 Å². The Morgan fingerprint density at radius 1 is 0.500 bits per heavy atom. The molecule has 0 aliphatic heterocycles. The number of hydrogen-bond acceptors (Lipinski definition) is 3. The third-order valence-corrected chi connectivity index (χ3v) is 12.4. The Bertz CT molecular complexity index is 3720. The first-order valence-electron chi connectivity index (χ1n) is 20.1. The van der Waals surface area contributed by atoms with Crippen LogP contribution in [0.1, 0.15) is 17.5 Å². The number of aromatic nitrogens is 3. The SMILES string of the molecule is C1=Cc2c(c3c(oc4ccc5ccccc5c43)c3c2c2cc(-c4ccccc4)ccc2n3-c2nc3c4ccccc4c4ccccc4c3nc2-c2ccccc2)CC1. The molecule has 0 saturated heterocycles. The van der Waals surface area contributed by atoms with E-state index in [9.17, 15) is 0 Å². The van der Waals surface area contributed by atoms with Gasteiger partial charge in [0.25, 0.3) is 0 Å². The number of aryl methyl sites for hydroxylation is 1. The van der Waals surface area contributed by atoms with E-state index in [-0.39, 0.29) is 0 Å². The van der Waals surface area contributed by atoms with Crippen LogP contribution in [0.25, 0.3) is 121 Å². The lowest BCUT2D eigenvalue weighted by molar-refractivity contribution is 0.671. The maximum atomic E-state index is 7.21. The summed E-state index contributed by atoms with van der Waals surface area (Å²) in [5.74, 6) is 0.776. The van der Waals surface area contributed by atoms with Gasteiger partial charge in [0.05, 0.1) is 22.1 Å². The number of furan rings is 1. The minimum absolute atomic E-state index is 0.776. The second kappa shape index (κ2) is 12.0. The van der Waals surface area contributed by atoms with E-state index in [1.165, 1.54) is 60.0 Å². The summed E-state index contributed by atoms with van der Waals surface area (Å²) in [5, 5.41) is 11.6. The fourth-order valence-electron chi connectivity index (χ4n) is 9.89. The van der Waals surface area contributed by atoms with Crippen LogP contribution < -0.4 is 0 Å². The summed E-state index contributed by atoms with van der Waals surface area (Å²) in [6, 6.07) is 58.3. The summed E-state index contributed by atoms with van der Waals surface area (Å²) in [4.78, 5) is 11.5. The van der Waals surface area contributed by atoms with Crippen LogP contribution in [0.3, 0.4) is 0 Å². The van der Waals surface area contributed by atoms with Gasteiger partial charge in [-0.2, -0.15) is 0 Å². The molecular weight excluding hydrogens is 707 g/mol. The number of benzene rings is 9. The Kier molecular flexibility index (Phi) is 6.53. The average Bonchev–Trinajstić information content (AvgIpc) is 3.86. The van der Waals surface area contributed by atoms with Crippen LogP contribution in [-0.4, -0.2) is 14.5 Å². The van der Waals surface area contributed by atoms with Crippen molar-refractivity contribution in [1.29, 1.82) is 0 Å². The van der Waals surface area contributed by atoms with Gasteiger partial charge in [-0.25, -0.2) is 9.97 Å². The van der Waals surface area contributed by atoms with E-state index in [4.69, 9.17) is 14.4 Å². The molecule has 58 heavy (non-hydrogen) atoms. The molecule has 0 fully saturated rings. The summed E-state index contributed by atoms with van der Waals surface area (Å²) < 4.78 is 9.58. The number of rotatable bonds is 3. The molecule has 4 heteroatoms. The van der Waals surface area contributed by atoms with Crippen molar-refractivity contribution >= 4 is 93.2 Å². The van der Waals surface area contributed by atoms with E-state index in [0.717, 1.165) is 79.3 Å². The molecule has 4 nitrogen and oxygen atoms in total. The van der Waals surface area contributed by atoms with Crippen LogP contribution in [0.4, 0.5) is 0 Å². The molecule has 1 aliphatic carbocycles. The van der Waals surface area contributed by atoms with E-state index in [0.29, 0.717) is 0 Å². The third kappa shape index (κ3) is 4.34. The quantitative estimate of drug-likeness (QED) is 0.170. The van der Waals surface area contributed by atoms with Gasteiger partial charge in [-0.05, 0) is 74.8 Å². The first-order valence-corrected chi connectivity index (χ1v) is 20.1. The van der Waals surface area contributed by atoms with Crippen molar-refractivity contribution in [2.24, 2.45) is 0 Å². The highest BCUT2D eigenvalue weighted by Gasteiger charge is 2.29. The van der Waals surface area contributed by atoms with Crippen LogP contribution in [0.2, 0.25) is 0 Å². The Hall–Kier alpha value is -7.56. The van der Waals surface area contributed by atoms with Crippen LogP contribution >= 0.6 is 0 Å². The zero-order valence-corrected chi connectivity index (χ0v) is 31.4. The molecule has 270 valence electrons. The zero-order chi connectivity index (χ0) is 37.9. The van der Waals surface area contributed by atoms with Gasteiger partial charge in [-0.3, -0.25) is 4.57 Å². The van der Waals surface area contributed by atoms with Gasteiger partial charge in [-0.15, -0.1) is 0 Å². The van der Waals surface area contributed by atoms with Crippen LogP contribution in [-0.2, 0) is 6.42 Å². The van der Waals surface area contributed by atoms with Crippen molar-refractivity contribution < 1.29 is 4.42 Å². The molecule has 9 aromatic carbocycles. The Labute approximate surface area is 332 Å². The van der Waals surface area contributed by atoms with Gasteiger partial charge in [0.15, 0.2) is 11.4 Å². The molecular formula is C54H33N3O. The smallest absolute Gasteiger partial charge is 0.165 e. The fourth-order valence-corrected chi connectivity index (χ4v) is 9.89. The Morgan fingerprint density at radius 2 is 1.16 bits per heavy atom. The molecule has 0 atom stereocenters. The van der Waals surface area contributed by atoms with Gasteiger partial charge in [0, 0.05) is 37.9 Å². The predicted octanol–water partition coefficient (Wildman–Crippen LogP) is 14.4. The van der Waals surface area contributed by atoms with Crippen molar-refractivity contribution in [2.75, 3.05) is 0 Å². The van der Waals surface area contributed by atoms with Crippen molar-refractivity contribution in [3.05, 3.63) is 181 Å². The second-order valence-corrected chi connectivity index (χ2v) is 15.5. The van der Waals surface area contributed by atoms with Crippen molar-refractivity contribution in [1.82, 2.24) is 14.5 Å². The molecule has 0 bridgehead atoms. The Morgan fingerprint density at radius 3 is 1.91 bits per heavy atom. The highest BCUT2D eigenvalue weighted by Crippen LogP contribution is 2.49. The highest BCUT2D eigenvalue weighted by atomic mass is 16.3. The normalized spacial score (nSPS) is 13.0. The molecule has 0 radical (unpaired) electrons. The van der Waals surface area contributed by atoms with Crippen LogP contribution in [0.5, 0.6) is 0 Å². The second-order valence-electron chi connectivity index (χ2n) is 15.5. The minimum Gasteiger partial charge on any atom is -0.454 e. The van der Waals surface area contributed by atoms with E-state index >= 15 is 0 Å². The maximum Gasteiger partial charge on any atom is 0.165 e. The number of nitrogens with zero attached hydrogens (tertiary/aromatic N) is 3. The molecule has 12 aromatic rings. The number of hydrogen-bond donors (Lipinski definition) is 0. The molecule has 0 saturated carbocycles. The summed E-state index contributed by atoms with van der Waals surface area (Å²) in [5.41, 5.74) is 12.4. The van der Waals surface area contributed by atoms with Gasteiger partial charge >= 0.3 is 0 Å². The first kappa shape index (κ1) is 31.6. The summed E-state index contributed by atoms with van der Waals surface area (Å²) in [7, 11) is 0. The predicted molar refractivity (Wildman–Crippen MR) is 242 cm³/mol. The molecule has 0 unspecified atom stereocenters. The van der Waals surface area contributed by atoms with Gasteiger partial charge in [0.2, 0.25) is 0 Å². The average molecular weight is 740 g/mol. The molecule has 3 heterocycles. The lowest BCUT2D eigenvalue weighted by Gasteiger charge is -2.17.